The van der Waals surface area contributed by atoms with E-state index < -0.39 is 23.2 Å². The van der Waals surface area contributed by atoms with E-state index >= 15 is 0 Å². The second-order valence-corrected chi connectivity index (χ2v) is 7.74. The number of hydrogen-bond acceptors (Lipinski definition) is 5. The molecule has 2 aromatic rings. The predicted octanol–water partition coefficient (Wildman–Crippen LogP) is 4.00. The Kier molecular flexibility index (Phi) is 5.47. The topological polar surface area (TPSA) is 68.6 Å². The SMILES string of the molecule is COC(=O)[C@H](C)N1C(=O)S/C(=C/c2cc(C)n(-c3ccc(C)cc3)c2C)C1=O. The summed E-state index contributed by atoms with van der Waals surface area (Å²) in [5.74, 6) is -1.10. The fourth-order valence-corrected chi connectivity index (χ4v) is 4.15. The van der Waals surface area contributed by atoms with Crippen molar-refractivity contribution in [2.75, 3.05) is 7.11 Å². The highest BCUT2D eigenvalue weighted by Crippen LogP contribution is 2.35. The van der Waals surface area contributed by atoms with Crippen LogP contribution < -0.4 is 0 Å². The Bertz CT molecular complexity index is 989. The minimum Gasteiger partial charge on any atom is -0.467 e. The summed E-state index contributed by atoms with van der Waals surface area (Å²) in [7, 11) is 1.23. The minimum atomic E-state index is -0.955. The van der Waals surface area contributed by atoms with Gasteiger partial charge in [-0.1, -0.05) is 17.7 Å². The van der Waals surface area contributed by atoms with Gasteiger partial charge < -0.3 is 9.30 Å². The van der Waals surface area contributed by atoms with E-state index in [0.29, 0.717) is 4.91 Å². The maximum atomic E-state index is 12.7. The summed E-state index contributed by atoms with van der Waals surface area (Å²) in [5.41, 5.74) is 5.06. The van der Waals surface area contributed by atoms with Crippen molar-refractivity contribution in [1.29, 1.82) is 0 Å². The van der Waals surface area contributed by atoms with Gasteiger partial charge in [-0.2, -0.15) is 0 Å². The van der Waals surface area contributed by atoms with E-state index in [1.165, 1.54) is 19.6 Å². The van der Waals surface area contributed by atoms with Crippen molar-refractivity contribution in [3.63, 3.8) is 0 Å². The number of nitrogens with zero attached hydrogens (tertiary/aromatic N) is 2. The highest BCUT2D eigenvalue weighted by atomic mass is 32.2. The van der Waals surface area contributed by atoms with Crippen LogP contribution in [-0.4, -0.2) is 39.7 Å². The first-order chi connectivity index (χ1) is 13.2. The van der Waals surface area contributed by atoms with E-state index in [9.17, 15) is 14.4 Å². The molecule has 3 rings (SSSR count). The van der Waals surface area contributed by atoms with Crippen LogP contribution in [0.5, 0.6) is 0 Å². The molecule has 1 aromatic carbocycles. The smallest absolute Gasteiger partial charge is 0.328 e. The summed E-state index contributed by atoms with van der Waals surface area (Å²) < 4.78 is 6.76. The maximum absolute atomic E-state index is 12.7. The molecule has 1 fully saturated rings. The fourth-order valence-electron chi connectivity index (χ4n) is 3.26. The summed E-state index contributed by atoms with van der Waals surface area (Å²) in [6.45, 7) is 7.49. The predicted molar refractivity (Wildman–Crippen MR) is 109 cm³/mol. The van der Waals surface area contributed by atoms with Gasteiger partial charge in [-0.25, -0.2) is 4.79 Å². The normalized spacial score (nSPS) is 16.8. The number of thioether (sulfide) groups is 1. The zero-order valence-electron chi connectivity index (χ0n) is 16.5. The van der Waals surface area contributed by atoms with Crippen LogP contribution in [0.25, 0.3) is 11.8 Å². The van der Waals surface area contributed by atoms with Gasteiger partial charge in [-0.3, -0.25) is 14.5 Å². The third kappa shape index (κ3) is 3.49. The Balaban J connectivity index is 1.95. The number of esters is 1. The molecule has 1 aliphatic heterocycles. The van der Waals surface area contributed by atoms with Crippen LogP contribution in [0.15, 0.2) is 35.2 Å². The first kappa shape index (κ1) is 19.9. The Morgan fingerprint density at radius 2 is 1.79 bits per heavy atom. The molecular formula is C21H22N2O4S. The summed E-state index contributed by atoms with van der Waals surface area (Å²) in [4.78, 5) is 37.9. The standard InChI is InChI=1S/C21H22N2O4S/c1-12-6-8-17(9-7-12)22-13(2)10-16(14(22)3)11-18-19(24)23(21(26)28-18)15(4)20(25)27-5/h6-11,15H,1-5H3/b18-11+/t15-/m0/s1. The average molecular weight is 398 g/mol. The first-order valence-electron chi connectivity index (χ1n) is 8.85. The molecule has 2 heterocycles. The number of methoxy groups -OCH3 is 1. The largest absolute Gasteiger partial charge is 0.467 e. The molecule has 0 bridgehead atoms. The van der Waals surface area contributed by atoms with Gasteiger partial charge in [0.25, 0.3) is 11.1 Å². The van der Waals surface area contributed by atoms with Gasteiger partial charge >= 0.3 is 5.97 Å². The number of aryl methyl sites for hydroxylation is 2. The highest BCUT2D eigenvalue weighted by Gasteiger charge is 2.41. The zero-order chi connectivity index (χ0) is 20.6. The number of amides is 2. The van der Waals surface area contributed by atoms with E-state index in [0.717, 1.165) is 39.3 Å². The van der Waals surface area contributed by atoms with E-state index in [2.05, 4.69) is 9.30 Å². The van der Waals surface area contributed by atoms with Gasteiger partial charge in [0.05, 0.1) is 12.0 Å². The monoisotopic (exact) mass is 398 g/mol. The molecule has 6 nitrogen and oxygen atoms in total. The lowest BCUT2D eigenvalue weighted by atomic mass is 10.2. The molecule has 7 heteroatoms. The van der Waals surface area contributed by atoms with Crippen LogP contribution in [0.3, 0.4) is 0 Å². The van der Waals surface area contributed by atoms with Crippen molar-refractivity contribution in [1.82, 2.24) is 9.47 Å². The lowest BCUT2D eigenvalue weighted by Gasteiger charge is -2.18. The van der Waals surface area contributed by atoms with E-state index in [-0.39, 0.29) is 0 Å². The molecule has 146 valence electrons. The first-order valence-corrected chi connectivity index (χ1v) is 9.67. The van der Waals surface area contributed by atoms with Gasteiger partial charge in [0.1, 0.15) is 6.04 Å². The molecule has 1 aromatic heterocycles. The second-order valence-electron chi connectivity index (χ2n) is 6.75. The third-order valence-electron chi connectivity index (χ3n) is 4.80. The molecule has 0 saturated carbocycles. The molecule has 1 atom stereocenters. The summed E-state index contributed by atoms with van der Waals surface area (Å²) >= 11 is 0.836. The molecule has 0 unspecified atom stereocenters. The average Bonchev–Trinajstić information content (AvgIpc) is 3.10. The van der Waals surface area contributed by atoms with E-state index in [4.69, 9.17) is 0 Å². The number of imide groups is 1. The number of ether oxygens (including phenoxy) is 1. The van der Waals surface area contributed by atoms with Gasteiger partial charge in [-0.05, 0) is 69.3 Å². The van der Waals surface area contributed by atoms with Gasteiger partial charge in [-0.15, -0.1) is 0 Å². The molecule has 0 N–H and O–H groups in total. The van der Waals surface area contributed by atoms with Crippen molar-refractivity contribution in [2.24, 2.45) is 0 Å². The summed E-state index contributed by atoms with van der Waals surface area (Å²) in [6.07, 6.45) is 1.71. The lowest BCUT2D eigenvalue weighted by Crippen LogP contribution is -2.42. The molecule has 0 aliphatic carbocycles. The number of aromatic nitrogens is 1. The quantitative estimate of drug-likeness (QED) is 0.575. The summed E-state index contributed by atoms with van der Waals surface area (Å²) in [5, 5.41) is -0.471. The molecule has 2 amide bonds. The summed E-state index contributed by atoms with van der Waals surface area (Å²) in [6, 6.07) is 9.22. The Morgan fingerprint density at radius 1 is 1.14 bits per heavy atom. The Labute approximate surface area is 168 Å². The number of carbonyl (C=O) groups is 3. The van der Waals surface area contributed by atoms with Crippen molar-refractivity contribution in [2.45, 2.75) is 33.7 Å². The molecule has 0 radical (unpaired) electrons. The van der Waals surface area contributed by atoms with Crippen LogP contribution in [-0.2, 0) is 14.3 Å². The molecule has 0 spiro atoms. The Hall–Kier alpha value is -2.80. The van der Waals surface area contributed by atoms with Crippen molar-refractivity contribution >= 4 is 35.0 Å². The number of rotatable bonds is 4. The van der Waals surface area contributed by atoms with Gasteiger partial charge in [0.15, 0.2) is 0 Å². The number of benzene rings is 1. The highest BCUT2D eigenvalue weighted by molar-refractivity contribution is 8.18. The Morgan fingerprint density at radius 3 is 2.39 bits per heavy atom. The maximum Gasteiger partial charge on any atom is 0.328 e. The molecule has 28 heavy (non-hydrogen) atoms. The van der Waals surface area contributed by atoms with Crippen molar-refractivity contribution < 1.29 is 19.1 Å². The van der Waals surface area contributed by atoms with Crippen LogP contribution in [0.4, 0.5) is 4.79 Å². The molecule has 1 aliphatic rings. The van der Waals surface area contributed by atoms with Crippen LogP contribution in [0.2, 0.25) is 0 Å². The van der Waals surface area contributed by atoms with Gasteiger partial charge in [0, 0.05) is 17.1 Å². The van der Waals surface area contributed by atoms with Crippen LogP contribution in [0.1, 0.15) is 29.4 Å². The fraction of sp³-hybridized carbons (Fsp3) is 0.286. The number of carbonyl (C=O) groups excluding carboxylic acids is 3. The number of hydrogen-bond donors (Lipinski definition) is 0. The van der Waals surface area contributed by atoms with Crippen LogP contribution in [0, 0.1) is 20.8 Å². The van der Waals surface area contributed by atoms with Crippen LogP contribution >= 0.6 is 11.8 Å². The second kappa shape index (κ2) is 7.67. The van der Waals surface area contributed by atoms with E-state index in [1.54, 1.807) is 6.08 Å². The molecule has 1 saturated heterocycles. The lowest BCUT2D eigenvalue weighted by molar-refractivity contribution is -0.148. The van der Waals surface area contributed by atoms with Crippen molar-refractivity contribution in [3.05, 3.63) is 57.8 Å². The van der Waals surface area contributed by atoms with Crippen molar-refractivity contribution in [3.8, 4) is 5.69 Å². The zero-order valence-corrected chi connectivity index (χ0v) is 17.3. The molecular weight excluding hydrogens is 376 g/mol. The van der Waals surface area contributed by atoms with Gasteiger partial charge in [0.2, 0.25) is 0 Å². The van der Waals surface area contributed by atoms with E-state index in [1.807, 2.05) is 51.1 Å². The minimum absolute atomic E-state index is 0.296. The third-order valence-corrected chi connectivity index (χ3v) is 5.69.